The van der Waals surface area contributed by atoms with E-state index < -0.39 is 81.1 Å². The van der Waals surface area contributed by atoms with Crippen molar-refractivity contribution in [2.24, 2.45) is 5.92 Å². The molecule has 6 rings (SSSR count). The number of nitrogens with one attached hydrogen (secondary N) is 2. The number of carbonyl (C=O) groups excluding carboxylic acids is 3. The number of carbonyl (C=O) groups is 3. The molecule has 3 heterocycles. The predicted octanol–water partition coefficient (Wildman–Crippen LogP) is 6.94. The molecule has 0 aliphatic carbocycles. The van der Waals surface area contributed by atoms with Crippen LogP contribution < -0.4 is 19.8 Å². The Bertz CT molecular complexity index is 1980. The number of nitrogens with zero attached hydrogens (tertiary/aromatic N) is 1. The van der Waals surface area contributed by atoms with Gasteiger partial charge in [0.1, 0.15) is 11.0 Å². The molecular formula is C30H18ClF6N3O5S2. The molecule has 8 nitrogen and oxygen atoms in total. The Hall–Kier alpha value is -4.28. The number of aromatic amines is 1. The smallest absolute Gasteiger partial charge is 0.418 e. The van der Waals surface area contributed by atoms with E-state index in [4.69, 9.17) is 16.3 Å². The Balaban J connectivity index is 1.37. The number of aromatic nitrogens is 1. The highest BCUT2D eigenvalue weighted by Crippen LogP contribution is 2.55. The van der Waals surface area contributed by atoms with Gasteiger partial charge in [-0.3, -0.25) is 19.2 Å². The largest absolute Gasteiger partial charge is 0.483 e. The third-order valence-electron chi connectivity index (χ3n) is 7.45. The second-order valence-corrected chi connectivity index (χ2v) is 12.9. The monoisotopic (exact) mass is 713 g/mol. The minimum Gasteiger partial charge on any atom is -0.483 e. The molecule has 0 bridgehead atoms. The lowest BCUT2D eigenvalue weighted by molar-refractivity contribution is -0.138. The fourth-order valence-corrected chi connectivity index (χ4v) is 8.25. The van der Waals surface area contributed by atoms with Crippen LogP contribution in [0.4, 0.5) is 37.7 Å². The molecule has 2 aliphatic rings. The van der Waals surface area contributed by atoms with E-state index in [1.165, 1.54) is 30.3 Å². The van der Waals surface area contributed by atoms with Gasteiger partial charge in [-0.05, 0) is 42.5 Å². The van der Waals surface area contributed by atoms with Crippen LogP contribution in [0.25, 0.3) is 0 Å². The van der Waals surface area contributed by atoms with Gasteiger partial charge in [-0.2, -0.15) is 26.3 Å². The molecule has 47 heavy (non-hydrogen) atoms. The Morgan fingerprint density at radius 2 is 1.57 bits per heavy atom. The number of rotatable bonds is 6. The van der Waals surface area contributed by atoms with Crippen LogP contribution in [-0.2, 0) is 26.7 Å². The van der Waals surface area contributed by atoms with E-state index in [-0.39, 0.29) is 26.2 Å². The zero-order chi connectivity index (χ0) is 33.8. The summed E-state index contributed by atoms with van der Waals surface area (Å²) >= 11 is 7.85. The molecule has 3 amide bonds. The first-order chi connectivity index (χ1) is 22.1. The number of hydrogen-bond donors (Lipinski definition) is 2. The Morgan fingerprint density at radius 3 is 2.28 bits per heavy atom. The van der Waals surface area contributed by atoms with Crippen LogP contribution in [0.1, 0.15) is 27.5 Å². The van der Waals surface area contributed by atoms with Gasteiger partial charge in [0.15, 0.2) is 6.61 Å². The molecular weight excluding hydrogens is 696 g/mol. The fraction of sp³-hybridized carbons (Fsp3) is 0.200. The van der Waals surface area contributed by atoms with Gasteiger partial charge in [0.25, 0.3) is 5.91 Å². The number of hydrogen-bond acceptors (Lipinski definition) is 7. The van der Waals surface area contributed by atoms with E-state index in [2.05, 4.69) is 10.3 Å². The average molecular weight is 714 g/mol. The number of H-pyrrole nitrogens is 1. The van der Waals surface area contributed by atoms with Crippen LogP contribution in [0.2, 0.25) is 5.02 Å². The Labute approximate surface area is 273 Å². The van der Waals surface area contributed by atoms with Gasteiger partial charge >= 0.3 is 17.2 Å². The van der Waals surface area contributed by atoms with Gasteiger partial charge in [-0.1, -0.05) is 59.0 Å². The first-order valence-electron chi connectivity index (χ1n) is 13.5. The van der Waals surface area contributed by atoms with Crippen molar-refractivity contribution in [1.29, 1.82) is 0 Å². The molecule has 1 aromatic heterocycles. The van der Waals surface area contributed by atoms with E-state index in [9.17, 15) is 45.5 Å². The van der Waals surface area contributed by atoms with Crippen molar-refractivity contribution in [2.75, 3.05) is 16.8 Å². The lowest BCUT2D eigenvalue weighted by Crippen LogP contribution is -2.33. The standard InChI is InChI=1S/C30H18ClF6N3O5S2/c31-13-9-10-19(45-12-20(41)38-17-7-3-1-5-15(17)29(32,33)34)14(11-13)21-22-24(46-25-23(21)47-28(44)39-25)27(43)40(26(22)42)18-8-4-2-6-16(18)30(35,36)37/h1-11,21-22,24H,12H2,(H,38,41)(H,39,44). The summed E-state index contributed by atoms with van der Waals surface area (Å²) in [4.78, 5) is 55.7. The van der Waals surface area contributed by atoms with E-state index in [0.29, 0.717) is 16.2 Å². The van der Waals surface area contributed by atoms with E-state index in [1.807, 2.05) is 0 Å². The second-order valence-electron chi connectivity index (χ2n) is 10.3. The molecule has 1 fully saturated rings. The number of amides is 3. The van der Waals surface area contributed by atoms with Gasteiger partial charge in [0.05, 0.1) is 33.4 Å². The third-order valence-corrected chi connectivity index (χ3v) is 10.1. The van der Waals surface area contributed by atoms with E-state index in [1.54, 1.807) is 0 Å². The van der Waals surface area contributed by atoms with Crippen molar-refractivity contribution in [2.45, 2.75) is 28.5 Å². The van der Waals surface area contributed by atoms with Crippen LogP contribution in [0.3, 0.4) is 0 Å². The maximum atomic E-state index is 14.0. The minimum absolute atomic E-state index is 0.0644. The summed E-state index contributed by atoms with van der Waals surface area (Å²) < 4.78 is 87.8. The molecule has 0 radical (unpaired) electrons. The van der Waals surface area contributed by atoms with Gasteiger partial charge < -0.3 is 15.0 Å². The number of benzene rings is 3. The average Bonchev–Trinajstić information content (AvgIpc) is 3.49. The molecule has 3 atom stereocenters. The number of thioether (sulfide) groups is 1. The molecule has 1 saturated heterocycles. The van der Waals surface area contributed by atoms with Gasteiger partial charge in [-0.15, -0.1) is 0 Å². The molecule has 2 N–H and O–H groups in total. The highest BCUT2D eigenvalue weighted by atomic mass is 35.5. The number of fused-ring (bicyclic) bond motifs is 2. The van der Waals surface area contributed by atoms with Crippen LogP contribution in [-0.4, -0.2) is 34.6 Å². The molecule has 0 spiro atoms. The van der Waals surface area contributed by atoms with Crippen molar-refractivity contribution in [1.82, 2.24) is 4.98 Å². The van der Waals surface area contributed by atoms with Crippen molar-refractivity contribution in [3.63, 3.8) is 0 Å². The van der Waals surface area contributed by atoms with E-state index in [0.717, 1.165) is 48.2 Å². The quantitative estimate of drug-likeness (QED) is 0.166. The van der Waals surface area contributed by atoms with Crippen LogP contribution in [0.5, 0.6) is 5.75 Å². The predicted molar refractivity (Wildman–Crippen MR) is 161 cm³/mol. The summed E-state index contributed by atoms with van der Waals surface area (Å²) in [6.45, 7) is -0.801. The van der Waals surface area contributed by atoms with Crippen LogP contribution >= 0.6 is 34.7 Å². The Kier molecular flexibility index (Phi) is 8.38. The zero-order valence-electron chi connectivity index (χ0n) is 23.2. The van der Waals surface area contributed by atoms with Crippen LogP contribution in [0.15, 0.2) is 76.6 Å². The topological polar surface area (TPSA) is 109 Å². The maximum Gasteiger partial charge on any atom is 0.418 e. The highest BCUT2D eigenvalue weighted by Gasteiger charge is 2.58. The molecule has 17 heteroatoms. The molecule has 244 valence electrons. The lowest BCUT2D eigenvalue weighted by atomic mass is 9.82. The summed E-state index contributed by atoms with van der Waals surface area (Å²) in [7, 11) is 0. The SMILES string of the molecule is O=C(COc1ccc(Cl)cc1C1c2sc(=O)[nH]c2SC2C(=O)N(c3ccccc3C(F)(F)F)C(=O)C21)Nc1ccccc1C(F)(F)F. The maximum absolute atomic E-state index is 14.0. The summed E-state index contributed by atoms with van der Waals surface area (Å²) in [5, 5.41) is 1.22. The van der Waals surface area contributed by atoms with Crippen molar-refractivity contribution < 1.29 is 45.5 Å². The number of para-hydroxylation sites is 2. The van der Waals surface area contributed by atoms with Gasteiger partial charge in [0, 0.05) is 21.4 Å². The number of thiazole rings is 1. The molecule has 3 unspecified atom stereocenters. The van der Waals surface area contributed by atoms with E-state index >= 15 is 0 Å². The molecule has 0 saturated carbocycles. The summed E-state index contributed by atoms with van der Waals surface area (Å²) in [6.07, 6.45) is -9.64. The number of anilines is 2. The second kappa shape index (κ2) is 12.1. The Morgan fingerprint density at radius 1 is 0.915 bits per heavy atom. The van der Waals surface area contributed by atoms with Crippen molar-refractivity contribution in [3.05, 3.63) is 103 Å². The lowest BCUT2D eigenvalue weighted by Gasteiger charge is -2.31. The third kappa shape index (κ3) is 6.12. The summed E-state index contributed by atoms with van der Waals surface area (Å²) in [5.41, 5.74) is -3.32. The molecule has 4 aromatic rings. The van der Waals surface area contributed by atoms with Crippen molar-refractivity contribution in [3.8, 4) is 5.75 Å². The number of imide groups is 1. The number of ether oxygens (including phenoxy) is 1. The first-order valence-corrected chi connectivity index (χ1v) is 15.5. The normalized spacial score (nSPS) is 19.4. The molecule has 2 aliphatic heterocycles. The van der Waals surface area contributed by atoms with Crippen LogP contribution in [0, 0.1) is 5.92 Å². The van der Waals surface area contributed by atoms with Crippen molar-refractivity contribution >= 4 is 63.8 Å². The summed E-state index contributed by atoms with van der Waals surface area (Å²) in [5.74, 6) is -5.41. The fourth-order valence-electron chi connectivity index (χ4n) is 5.56. The summed E-state index contributed by atoms with van der Waals surface area (Å²) in [6, 6.07) is 12.5. The number of alkyl halides is 6. The minimum atomic E-state index is -4.89. The first kappa shape index (κ1) is 32.7. The highest BCUT2D eigenvalue weighted by molar-refractivity contribution is 8.00. The number of halogens is 7. The molecule has 3 aromatic carbocycles. The van der Waals surface area contributed by atoms with Gasteiger partial charge in [-0.25, -0.2) is 4.90 Å². The zero-order valence-corrected chi connectivity index (χ0v) is 25.6. The van der Waals surface area contributed by atoms with Gasteiger partial charge in [0.2, 0.25) is 11.8 Å².